The number of piperidine rings is 1. The van der Waals surface area contributed by atoms with Gasteiger partial charge in [0.15, 0.2) is 0 Å². The van der Waals surface area contributed by atoms with E-state index in [4.69, 9.17) is 9.47 Å². The van der Waals surface area contributed by atoms with E-state index in [1.807, 2.05) is 27.7 Å². The summed E-state index contributed by atoms with van der Waals surface area (Å²) in [5.74, 6) is 0.489. The summed E-state index contributed by atoms with van der Waals surface area (Å²) < 4.78 is 12.0. The number of aromatic nitrogens is 2. The van der Waals surface area contributed by atoms with Gasteiger partial charge in [-0.3, -0.25) is 4.98 Å². The van der Waals surface area contributed by atoms with E-state index in [0.717, 1.165) is 12.8 Å². The van der Waals surface area contributed by atoms with Gasteiger partial charge in [-0.2, -0.15) is 0 Å². The summed E-state index contributed by atoms with van der Waals surface area (Å²) in [5.41, 5.74) is -0.825. The minimum Gasteiger partial charge on any atom is -0.470 e. The van der Waals surface area contributed by atoms with Crippen LogP contribution in [0.1, 0.15) is 40.5 Å². The molecule has 0 N–H and O–H groups in total. The van der Waals surface area contributed by atoms with E-state index >= 15 is 0 Å². The Kier molecular flexibility index (Phi) is 4.94. The molecule has 0 atom stereocenters. The van der Waals surface area contributed by atoms with Gasteiger partial charge in [-0.25, -0.2) is 9.78 Å². The maximum atomic E-state index is 12.1. The smallest absolute Gasteiger partial charge is 0.410 e. The maximum absolute atomic E-state index is 12.1. The standard InChI is InChI=1S/C15H22BrN3O3/c1-14(2,3)22-13(20)19-7-5-15(4,6-8-19)21-12-10-17-9-11(16)18-12/h9-10H,5-8H2,1-4H3. The first-order valence-electron chi connectivity index (χ1n) is 7.31. The molecule has 122 valence electrons. The van der Waals surface area contributed by atoms with Gasteiger partial charge in [0, 0.05) is 25.9 Å². The lowest BCUT2D eigenvalue weighted by Crippen LogP contribution is -2.49. The van der Waals surface area contributed by atoms with Crippen LogP contribution in [0.3, 0.4) is 0 Å². The first-order valence-corrected chi connectivity index (χ1v) is 8.11. The molecule has 0 spiro atoms. The summed E-state index contributed by atoms with van der Waals surface area (Å²) >= 11 is 3.28. The number of rotatable bonds is 2. The number of ether oxygens (including phenoxy) is 2. The molecule has 0 aliphatic carbocycles. The second kappa shape index (κ2) is 6.40. The van der Waals surface area contributed by atoms with Crippen molar-refractivity contribution in [3.05, 3.63) is 17.0 Å². The highest BCUT2D eigenvalue weighted by Crippen LogP contribution is 2.28. The Morgan fingerprint density at radius 2 is 1.95 bits per heavy atom. The number of nitrogens with zero attached hydrogens (tertiary/aromatic N) is 3. The van der Waals surface area contributed by atoms with Crippen LogP contribution in [0, 0.1) is 0 Å². The molecule has 1 saturated heterocycles. The number of likely N-dealkylation sites (tertiary alicyclic amines) is 1. The maximum Gasteiger partial charge on any atom is 0.410 e. The second-order valence-corrected chi connectivity index (χ2v) is 7.51. The molecule has 1 amide bonds. The number of halogens is 1. The molecule has 6 nitrogen and oxygen atoms in total. The van der Waals surface area contributed by atoms with Crippen LogP contribution in [0.5, 0.6) is 5.88 Å². The van der Waals surface area contributed by atoms with Gasteiger partial charge < -0.3 is 14.4 Å². The van der Waals surface area contributed by atoms with Gasteiger partial charge in [0.25, 0.3) is 0 Å². The van der Waals surface area contributed by atoms with Crippen LogP contribution in [0.4, 0.5) is 4.79 Å². The van der Waals surface area contributed by atoms with Crippen molar-refractivity contribution in [2.24, 2.45) is 0 Å². The Hall–Kier alpha value is -1.37. The fourth-order valence-corrected chi connectivity index (χ4v) is 2.51. The van der Waals surface area contributed by atoms with Crippen molar-refractivity contribution in [3.63, 3.8) is 0 Å². The molecule has 0 bridgehead atoms. The summed E-state index contributed by atoms with van der Waals surface area (Å²) in [6.45, 7) is 8.84. The van der Waals surface area contributed by atoms with E-state index in [1.165, 1.54) is 0 Å². The van der Waals surface area contributed by atoms with Gasteiger partial charge >= 0.3 is 6.09 Å². The third-order valence-corrected chi connectivity index (χ3v) is 3.79. The quantitative estimate of drug-likeness (QED) is 0.796. The molecule has 1 aromatic heterocycles. The molecule has 1 aliphatic rings. The normalized spacial score (nSPS) is 18.0. The number of hydrogen-bond acceptors (Lipinski definition) is 5. The lowest BCUT2D eigenvalue weighted by molar-refractivity contribution is -0.0115. The van der Waals surface area contributed by atoms with Crippen LogP contribution in [-0.4, -0.2) is 45.3 Å². The van der Waals surface area contributed by atoms with Crippen molar-refractivity contribution < 1.29 is 14.3 Å². The average Bonchev–Trinajstić information content (AvgIpc) is 2.36. The third-order valence-electron chi connectivity index (χ3n) is 3.41. The molecule has 0 radical (unpaired) electrons. The zero-order valence-corrected chi connectivity index (χ0v) is 15.0. The van der Waals surface area contributed by atoms with E-state index in [1.54, 1.807) is 17.3 Å². The van der Waals surface area contributed by atoms with Crippen molar-refractivity contribution in [2.75, 3.05) is 13.1 Å². The van der Waals surface area contributed by atoms with Gasteiger partial charge in [0.1, 0.15) is 15.8 Å². The van der Waals surface area contributed by atoms with Crippen molar-refractivity contribution in [1.82, 2.24) is 14.9 Å². The molecule has 0 aromatic carbocycles. The molecular formula is C15H22BrN3O3. The van der Waals surface area contributed by atoms with E-state index in [-0.39, 0.29) is 11.7 Å². The molecule has 22 heavy (non-hydrogen) atoms. The van der Waals surface area contributed by atoms with E-state index in [0.29, 0.717) is 23.6 Å². The predicted molar refractivity (Wildman–Crippen MR) is 85.8 cm³/mol. The number of carbonyl (C=O) groups excluding carboxylic acids is 1. The van der Waals surface area contributed by atoms with Crippen molar-refractivity contribution in [3.8, 4) is 5.88 Å². The predicted octanol–water partition coefficient (Wildman–Crippen LogP) is 3.41. The molecule has 0 saturated carbocycles. The van der Waals surface area contributed by atoms with Crippen molar-refractivity contribution in [2.45, 2.75) is 51.7 Å². The molecule has 7 heteroatoms. The van der Waals surface area contributed by atoms with Crippen LogP contribution in [0.2, 0.25) is 0 Å². The van der Waals surface area contributed by atoms with E-state index in [2.05, 4.69) is 25.9 Å². The Labute approximate surface area is 139 Å². The van der Waals surface area contributed by atoms with Gasteiger partial charge in [0.2, 0.25) is 5.88 Å². The summed E-state index contributed by atoms with van der Waals surface area (Å²) in [7, 11) is 0. The summed E-state index contributed by atoms with van der Waals surface area (Å²) in [5, 5.41) is 0. The van der Waals surface area contributed by atoms with Crippen LogP contribution in [-0.2, 0) is 4.74 Å². The van der Waals surface area contributed by atoms with Gasteiger partial charge in [-0.05, 0) is 43.6 Å². The lowest BCUT2D eigenvalue weighted by Gasteiger charge is -2.39. The fraction of sp³-hybridized carbons (Fsp3) is 0.667. The fourth-order valence-electron chi connectivity index (χ4n) is 2.22. The van der Waals surface area contributed by atoms with Crippen molar-refractivity contribution >= 4 is 22.0 Å². The van der Waals surface area contributed by atoms with Crippen LogP contribution in [0.15, 0.2) is 17.0 Å². The Morgan fingerprint density at radius 3 is 2.50 bits per heavy atom. The number of amides is 1. The van der Waals surface area contributed by atoms with Crippen LogP contribution in [0.25, 0.3) is 0 Å². The van der Waals surface area contributed by atoms with Gasteiger partial charge in [-0.1, -0.05) is 0 Å². The minimum atomic E-state index is -0.472. The van der Waals surface area contributed by atoms with E-state index < -0.39 is 5.60 Å². The second-order valence-electron chi connectivity index (χ2n) is 6.70. The highest BCUT2D eigenvalue weighted by atomic mass is 79.9. The highest BCUT2D eigenvalue weighted by molar-refractivity contribution is 9.10. The molecule has 1 aliphatic heterocycles. The summed E-state index contributed by atoms with van der Waals surface area (Å²) in [4.78, 5) is 22.1. The SMILES string of the molecule is CC(C)(C)OC(=O)N1CCC(C)(Oc2cncc(Br)n2)CC1. The molecule has 1 aromatic rings. The van der Waals surface area contributed by atoms with Gasteiger partial charge in [0.05, 0.1) is 12.4 Å². The third kappa shape index (κ3) is 4.83. The molecule has 2 heterocycles. The zero-order valence-electron chi connectivity index (χ0n) is 13.4. The highest BCUT2D eigenvalue weighted by Gasteiger charge is 2.35. The number of hydrogen-bond donors (Lipinski definition) is 0. The first kappa shape index (κ1) is 17.0. The molecular weight excluding hydrogens is 350 g/mol. The Morgan fingerprint density at radius 1 is 1.32 bits per heavy atom. The Balaban J connectivity index is 1.91. The van der Waals surface area contributed by atoms with Crippen LogP contribution < -0.4 is 4.74 Å². The zero-order chi connectivity index (χ0) is 16.4. The number of carbonyl (C=O) groups is 1. The molecule has 2 rings (SSSR count). The summed E-state index contributed by atoms with van der Waals surface area (Å²) in [6, 6.07) is 0. The monoisotopic (exact) mass is 371 g/mol. The van der Waals surface area contributed by atoms with Crippen LogP contribution >= 0.6 is 15.9 Å². The summed E-state index contributed by atoms with van der Waals surface area (Å²) in [6.07, 6.45) is 4.38. The first-order chi connectivity index (χ1) is 10.2. The van der Waals surface area contributed by atoms with Gasteiger partial charge in [-0.15, -0.1) is 0 Å². The van der Waals surface area contributed by atoms with E-state index in [9.17, 15) is 4.79 Å². The average molecular weight is 372 g/mol. The van der Waals surface area contributed by atoms with Crippen molar-refractivity contribution in [1.29, 1.82) is 0 Å². The Bertz CT molecular complexity index is 537. The lowest BCUT2D eigenvalue weighted by atomic mass is 9.93. The largest absolute Gasteiger partial charge is 0.470 e. The minimum absolute atomic E-state index is 0.267. The molecule has 1 fully saturated rings. The molecule has 0 unspecified atom stereocenters. The topological polar surface area (TPSA) is 64.5 Å².